The quantitative estimate of drug-likeness (QED) is 0.853. The molecule has 0 atom stereocenters. The molecule has 2 heterocycles. The number of ether oxygens (including phenoxy) is 1. The minimum absolute atomic E-state index is 0.0369. The van der Waals surface area contributed by atoms with Crippen LogP contribution in [0.1, 0.15) is 25.6 Å². The fraction of sp³-hybridized carbons (Fsp3) is 0.500. The standard InChI is InChI=1S/C10H15N5O2S/c1-5(2)16-8-9(11)15-18-10(8)12-4-7-13-6(3)14-17-7/h5,12H,4H2,1-3H3,(H2,11,15). The van der Waals surface area contributed by atoms with Crippen molar-refractivity contribution >= 4 is 22.4 Å². The number of nitrogen functional groups attached to an aromatic ring is 1. The van der Waals surface area contributed by atoms with Crippen LogP contribution in [0.2, 0.25) is 0 Å². The van der Waals surface area contributed by atoms with Crippen LogP contribution < -0.4 is 15.8 Å². The van der Waals surface area contributed by atoms with Crippen LogP contribution >= 0.6 is 11.5 Å². The van der Waals surface area contributed by atoms with Crippen molar-refractivity contribution in [3.8, 4) is 5.75 Å². The lowest BCUT2D eigenvalue weighted by Gasteiger charge is -2.10. The van der Waals surface area contributed by atoms with Crippen LogP contribution in [-0.2, 0) is 6.54 Å². The van der Waals surface area contributed by atoms with Crippen LogP contribution in [0.5, 0.6) is 5.75 Å². The van der Waals surface area contributed by atoms with Gasteiger partial charge in [-0.1, -0.05) is 5.16 Å². The van der Waals surface area contributed by atoms with E-state index in [-0.39, 0.29) is 6.10 Å². The van der Waals surface area contributed by atoms with Gasteiger partial charge in [-0.25, -0.2) is 0 Å². The van der Waals surface area contributed by atoms with E-state index in [9.17, 15) is 0 Å². The van der Waals surface area contributed by atoms with Crippen molar-refractivity contribution in [2.75, 3.05) is 11.1 Å². The fourth-order valence-electron chi connectivity index (χ4n) is 1.32. The largest absolute Gasteiger partial charge is 0.484 e. The van der Waals surface area contributed by atoms with Gasteiger partial charge < -0.3 is 20.3 Å². The molecule has 0 spiro atoms. The Morgan fingerprint density at radius 2 is 2.28 bits per heavy atom. The highest BCUT2D eigenvalue weighted by Crippen LogP contribution is 2.36. The van der Waals surface area contributed by atoms with Gasteiger partial charge in [-0.3, -0.25) is 0 Å². The Hall–Kier alpha value is -1.83. The van der Waals surface area contributed by atoms with E-state index in [1.807, 2.05) is 13.8 Å². The number of nitrogens with two attached hydrogens (primary N) is 1. The summed E-state index contributed by atoms with van der Waals surface area (Å²) in [5.74, 6) is 2.08. The minimum atomic E-state index is 0.0369. The van der Waals surface area contributed by atoms with Gasteiger partial charge in [-0.05, 0) is 32.3 Å². The van der Waals surface area contributed by atoms with Crippen molar-refractivity contribution in [1.82, 2.24) is 14.5 Å². The zero-order valence-electron chi connectivity index (χ0n) is 10.4. The molecule has 0 saturated carbocycles. The summed E-state index contributed by atoms with van der Waals surface area (Å²) in [6, 6.07) is 0. The van der Waals surface area contributed by atoms with E-state index in [4.69, 9.17) is 15.0 Å². The van der Waals surface area contributed by atoms with Gasteiger partial charge in [0, 0.05) is 0 Å². The maximum Gasteiger partial charge on any atom is 0.245 e. The Balaban J connectivity index is 2.05. The van der Waals surface area contributed by atoms with E-state index in [1.165, 1.54) is 11.5 Å². The molecule has 0 aliphatic carbocycles. The Kier molecular flexibility index (Phi) is 3.66. The molecule has 7 nitrogen and oxygen atoms in total. The van der Waals surface area contributed by atoms with Gasteiger partial charge in [0.2, 0.25) is 5.89 Å². The molecule has 8 heteroatoms. The van der Waals surface area contributed by atoms with Crippen molar-refractivity contribution in [1.29, 1.82) is 0 Å². The monoisotopic (exact) mass is 269 g/mol. The molecule has 0 unspecified atom stereocenters. The summed E-state index contributed by atoms with van der Waals surface area (Å²) in [4.78, 5) is 4.10. The molecule has 18 heavy (non-hydrogen) atoms. The molecule has 2 aromatic rings. The first kappa shape index (κ1) is 12.6. The van der Waals surface area contributed by atoms with Gasteiger partial charge in [0.15, 0.2) is 22.4 Å². The first-order chi connectivity index (χ1) is 8.56. The van der Waals surface area contributed by atoms with Crippen molar-refractivity contribution in [2.45, 2.75) is 33.4 Å². The third-order valence-electron chi connectivity index (χ3n) is 2.00. The maximum atomic E-state index is 5.75. The molecule has 0 aliphatic rings. The first-order valence-electron chi connectivity index (χ1n) is 5.51. The summed E-state index contributed by atoms with van der Waals surface area (Å²) >= 11 is 1.24. The second-order valence-corrected chi connectivity index (χ2v) is 4.75. The second kappa shape index (κ2) is 5.21. The highest BCUT2D eigenvalue weighted by atomic mass is 32.1. The summed E-state index contributed by atoms with van der Waals surface area (Å²) in [6.07, 6.45) is 0.0369. The van der Waals surface area contributed by atoms with Crippen molar-refractivity contribution in [3.05, 3.63) is 11.7 Å². The molecular weight excluding hydrogens is 254 g/mol. The second-order valence-electron chi connectivity index (χ2n) is 3.98. The number of hydrogen-bond donors (Lipinski definition) is 2. The van der Waals surface area contributed by atoms with E-state index >= 15 is 0 Å². The van der Waals surface area contributed by atoms with Crippen LogP contribution in [0.4, 0.5) is 10.8 Å². The minimum Gasteiger partial charge on any atom is -0.484 e. The Bertz CT molecular complexity index is 522. The van der Waals surface area contributed by atoms with Crippen LogP contribution in [0.15, 0.2) is 4.52 Å². The zero-order valence-corrected chi connectivity index (χ0v) is 11.2. The summed E-state index contributed by atoms with van der Waals surface area (Å²) in [5.41, 5.74) is 5.75. The van der Waals surface area contributed by atoms with E-state index in [0.717, 1.165) is 5.00 Å². The average Bonchev–Trinajstić information content (AvgIpc) is 2.85. The van der Waals surface area contributed by atoms with Crippen LogP contribution in [0.25, 0.3) is 0 Å². The Morgan fingerprint density at radius 1 is 1.50 bits per heavy atom. The smallest absolute Gasteiger partial charge is 0.245 e. The lowest BCUT2D eigenvalue weighted by Crippen LogP contribution is -2.08. The topological polar surface area (TPSA) is 99.1 Å². The van der Waals surface area contributed by atoms with Gasteiger partial charge in [-0.15, -0.1) is 0 Å². The Morgan fingerprint density at radius 3 is 2.89 bits per heavy atom. The molecule has 3 N–H and O–H groups in total. The zero-order chi connectivity index (χ0) is 13.1. The lowest BCUT2D eigenvalue weighted by molar-refractivity contribution is 0.245. The molecule has 0 bridgehead atoms. The predicted octanol–water partition coefficient (Wildman–Crippen LogP) is 1.82. The van der Waals surface area contributed by atoms with Crippen molar-refractivity contribution in [2.24, 2.45) is 0 Å². The average molecular weight is 269 g/mol. The lowest BCUT2D eigenvalue weighted by atomic mass is 10.4. The van der Waals surface area contributed by atoms with Crippen molar-refractivity contribution in [3.63, 3.8) is 0 Å². The third-order valence-corrected chi connectivity index (χ3v) is 2.80. The molecular formula is C10H15N5O2S. The number of nitrogens with one attached hydrogen (secondary N) is 1. The number of hydrogen-bond acceptors (Lipinski definition) is 8. The van der Waals surface area contributed by atoms with Gasteiger partial charge in [0.1, 0.15) is 0 Å². The molecule has 0 aromatic carbocycles. The normalized spacial score (nSPS) is 10.9. The Labute approximate surface area is 109 Å². The summed E-state index contributed by atoms with van der Waals surface area (Å²) in [5, 5.41) is 7.60. The molecule has 0 aliphatic heterocycles. The predicted molar refractivity (Wildman–Crippen MR) is 68.7 cm³/mol. The first-order valence-corrected chi connectivity index (χ1v) is 6.28. The SMILES string of the molecule is Cc1noc(CNc2snc(N)c2OC(C)C)n1. The molecule has 0 amide bonds. The maximum absolute atomic E-state index is 5.75. The van der Waals surface area contributed by atoms with Crippen LogP contribution in [-0.4, -0.2) is 20.6 Å². The van der Waals surface area contributed by atoms with E-state index < -0.39 is 0 Å². The van der Waals surface area contributed by atoms with E-state index in [1.54, 1.807) is 6.92 Å². The fourth-order valence-corrected chi connectivity index (χ4v) is 1.97. The number of aromatic nitrogens is 3. The summed E-state index contributed by atoms with van der Waals surface area (Å²) in [7, 11) is 0. The number of nitrogens with zero attached hydrogens (tertiary/aromatic N) is 3. The molecule has 2 rings (SSSR count). The van der Waals surface area contributed by atoms with Gasteiger partial charge in [-0.2, -0.15) is 9.36 Å². The summed E-state index contributed by atoms with van der Waals surface area (Å²) in [6.45, 7) is 6.05. The van der Waals surface area contributed by atoms with Crippen LogP contribution in [0.3, 0.4) is 0 Å². The molecule has 0 saturated heterocycles. The van der Waals surface area contributed by atoms with Crippen LogP contribution in [0, 0.1) is 6.92 Å². The molecule has 98 valence electrons. The number of rotatable bonds is 5. The van der Waals surface area contributed by atoms with Crippen molar-refractivity contribution < 1.29 is 9.26 Å². The number of aryl methyl sites for hydroxylation is 1. The third kappa shape index (κ3) is 2.89. The van der Waals surface area contributed by atoms with Gasteiger partial charge in [0.05, 0.1) is 12.6 Å². The van der Waals surface area contributed by atoms with Gasteiger partial charge >= 0.3 is 0 Å². The summed E-state index contributed by atoms with van der Waals surface area (Å²) < 4.78 is 14.7. The molecule has 0 fully saturated rings. The highest BCUT2D eigenvalue weighted by molar-refractivity contribution is 7.11. The van der Waals surface area contributed by atoms with Gasteiger partial charge in [0.25, 0.3) is 0 Å². The molecule has 0 radical (unpaired) electrons. The van der Waals surface area contributed by atoms with E-state index in [0.29, 0.717) is 29.8 Å². The molecule has 2 aromatic heterocycles. The highest BCUT2D eigenvalue weighted by Gasteiger charge is 2.15. The number of anilines is 2. The van der Waals surface area contributed by atoms with E-state index in [2.05, 4.69) is 19.8 Å².